The summed E-state index contributed by atoms with van der Waals surface area (Å²) in [6, 6.07) is 20.8. The maximum Gasteiger partial charge on any atom is 0.229 e. The van der Waals surface area contributed by atoms with Gasteiger partial charge in [-0.15, -0.1) is 10.2 Å². The highest BCUT2D eigenvalue weighted by Gasteiger charge is 2.21. The number of benzene rings is 2. The van der Waals surface area contributed by atoms with Crippen molar-refractivity contribution in [1.82, 2.24) is 19.7 Å². The van der Waals surface area contributed by atoms with Crippen LogP contribution in [0.2, 0.25) is 0 Å². The van der Waals surface area contributed by atoms with Gasteiger partial charge in [0.1, 0.15) is 0 Å². The summed E-state index contributed by atoms with van der Waals surface area (Å²) in [5.74, 6) is 0.847. The zero-order chi connectivity index (χ0) is 24.8. The third-order valence-corrected chi connectivity index (χ3v) is 6.28. The molecule has 2 aromatic carbocycles. The van der Waals surface area contributed by atoms with Crippen LogP contribution in [0.5, 0.6) is 0 Å². The van der Waals surface area contributed by atoms with Crippen molar-refractivity contribution in [3.63, 3.8) is 0 Å². The molecule has 4 rings (SSSR count). The van der Waals surface area contributed by atoms with Crippen molar-refractivity contribution < 1.29 is 9.59 Å². The van der Waals surface area contributed by atoms with E-state index in [1.165, 1.54) is 11.8 Å². The predicted octanol–water partition coefficient (Wildman–Crippen LogP) is 5.35. The minimum Gasteiger partial charge on any atom is -0.326 e. The Morgan fingerprint density at radius 1 is 0.914 bits per heavy atom. The minimum atomic E-state index is -0.490. The Labute approximate surface area is 209 Å². The van der Waals surface area contributed by atoms with Crippen molar-refractivity contribution in [1.29, 1.82) is 0 Å². The van der Waals surface area contributed by atoms with Gasteiger partial charge in [-0.05, 0) is 42.0 Å². The van der Waals surface area contributed by atoms with E-state index >= 15 is 0 Å². The van der Waals surface area contributed by atoms with Gasteiger partial charge in [-0.3, -0.25) is 19.1 Å². The molecule has 8 heteroatoms. The van der Waals surface area contributed by atoms with Gasteiger partial charge in [0.2, 0.25) is 5.91 Å². The van der Waals surface area contributed by atoms with Crippen LogP contribution >= 0.6 is 11.8 Å². The number of anilines is 1. The van der Waals surface area contributed by atoms with Gasteiger partial charge >= 0.3 is 0 Å². The van der Waals surface area contributed by atoms with Crippen molar-refractivity contribution in [2.24, 2.45) is 5.41 Å². The van der Waals surface area contributed by atoms with Gasteiger partial charge in [-0.2, -0.15) is 0 Å². The summed E-state index contributed by atoms with van der Waals surface area (Å²) in [6.07, 6.45) is 3.45. The first-order valence-electron chi connectivity index (χ1n) is 11.3. The summed E-state index contributed by atoms with van der Waals surface area (Å²) in [5, 5.41) is 12.3. The maximum absolute atomic E-state index is 12.9. The number of carbonyl (C=O) groups is 2. The van der Waals surface area contributed by atoms with Crippen LogP contribution in [0.3, 0.4) is 0 Å². The Kier molecular flexibility index (Phi) is 7.41. The number of ketones is 1. The predicted molar refractivity (Wildman–Crippen MR) is 138 cm³/mol. The van der Waals surface area contributed by atoms with Crippen LogP contribution < -0.4 is 5.32 Å². The number of hydrogen-bond donors (Lipinski definition) is 1. The highest BCUT2D eigenvalue weighted by Crippen LogP contribution is 2.26. The van der Waals surface area contributed by atoms with Gasteiger partial charge in [0.05, 0.1) is 12.3 Å². The van der Waals surface area contributed by atoms with Crippen LogP contribution in [0.4, 0.5) is 5.69 Å². The number of pyridine rings is 1. The number of hydrogen-bond acceptors (Lipinski definition) is 6. The Bertz CT molecular complexity index is 1300. The molecule has 178 valence electrons. The third-order valence-electron chi connectivity index (χ3n) is 5.32. The summed E-state index contributed by atoms with van der Waals surface area (Å²) in [7, 11) is 0. The smallest absolute Gasteiger partial charge is 0.229 e. The highest BCUT2D eigenvalue weighted by atomic mass is 32.2. The topological polar surface area (TPSA) is 89.8 Å². The number of amides is 1. The standard InChI is InChI=1S/C27H27N5O2S/c1-27(2,3)25(34)29-22-11-9-20(10-12-22)23(33)18-35-26-31-30-24(21-13-15-28-16-14-21)32(26)17-19-7-5-4-6-8-19/h4-16H,17-18H2,1-3H3,(H,29,34). The van der Waals surface area contributed by atoms with Crippen LogP contribution in [-0.4, -0.2) is 37.2 Å². The fraction of sp³-hybridized carbons (Fsp3) is 0.222. The van der Waals surface area contributed by atoms with Gasteiger partial charge < -0.3 is 5.32 Å². The highest BCUT2D eigenvalue weighted by molar-refractivity contribution is 7.99. The van der Waals surface area contributed by atoms with E-state index in [0.717, 1.165) is 17.0 Å². The van der Waals surface area contributed by atoms with Crippen LogP contribution in [0.25, 0.3) is 11.4 Å². The molecule has 0 unspecified atom stereocenters. The van der Waals surface area contributed by atoms with E-state index in [1.807, 2.05) is 55.7 Å². The van der Waals surface area contributed by atoms with E-state index in [9.17, 15) is 9.59 Å². The van der Waals surface area contributed by atoms with Crippen LogP contribution in [0.15, 0.2) is 84.3 Å². The molecule has 0 aliphatic heterocycles. The molecule has 1 N–H and O–H groups in total. The lowest BCUT2D eigenvalue weighted by atomic mass is 9.95. The third kappa shape index (κ3) is 6.22. The molecule has 0 radical (unpaired) electrons. The molecule has 2 aromatic heterocycles. The fourth-order valence-corrected chi connectivity index (χ4v) is 4.12. The molecule has 0 spiro atoms. The maximum atomic E-state index is 12.9. The fourth-order valence-electron chi connectivity index (χ4n) is 3.29. The number of aromatic nitrogens is 4. The molecule has 0 atom stereocenters. The second kappa shape index (κ2) is 10.7. The average molecular weight is 486 g/mol. The van der Waals surface area contributed by atoms with Crippen molar-refractivity contribution in [2.75, 3.05) is 11.1 Å². The van der Waals surface area contributed by atoms with Gasteiger partial charge in [-0.1, -0.05) is 62.9 Å². The van der Waals surface area contributed by atoms with Crippen molar-refractivity contribution >= 4 is 29.1 Å². The van der Waals surface area contributed by atoms with E-state index in [2.05, 4.69) is 32.6 Å². The van der Waals surface area contributed by atoms with Crippen molar-refractivity contribution in [2.45, 2.75) is 32.5 Å². The first-order valence-corrected chi connectivity index (χ1v) is 12.2. The van der Waals surface area contributed by atoms with Crippen LogP contribution in [0, 0.1) is 5.41 Å². The normalized spacial score (nSPS) is 11.3. The summed E-state index contributed by atoms with van der Waals surface area (Å²) >= 11 is 1.36. The molecule has 0 bridgehead atoms. The van der Waals surface area contributed by atoms with Gasteiger partial charge in [0.15, 0.2) is 16.8 Å². The quantitative estimate of drug-likeness (QED) is 0.267. The van der Waals surface area contributed by atoms with E-state index < -0.39 is 5.41 Å². The van der Waals surface area contributed by atoms with Crippen LogP contribution in [-0.2, 0) is 11.3 Å². The zero-order valence-electron chi connectivity index (χ0n) is 19.9. The number of carbonyl (C=O) groups excluding carboxylic acids is 2. The summed E-state index contributed by atoms with van der Waals surface area (Å²) in [5.41, 5.74) is 2.78. The second-order valence-corrected chi connectivity index (χ2v) is 10.0. The molecule has 4 aromatic rings. The monoisotopic (exact) mass is 485 g/mol. The average Bonchev–Trinajstić information content (AvgIpc) is 3.25. The molecule has 7 nitrogen and oxygen atoms in total. The molecule has 0 fully saturated rings. The SMILES string of the molecule is CC(C)(C)C(=O)Nc1ccc(C(=O)CSc2nnc(-c3ccncc3)n2Cc2ccccc2)cc1. The number of Topliss-reactive ketones (excluding diaryl/α,β-unsaturated/α-hetero) is 1. The lowest BCUT2D eigenvalue weighted by molar-refractivity contribution is -0.123. The number of thioether (sulfide) groups is 1. The molecule has 1 amide bonds. The van der Waals surface area contributed by atoms with Gasteiger partial charge in [-0.25, -0.2) is 0 Å². The second-order valence-electron chi connectivity index (χ2n) is 9.11. The summed E-state index contributed by atoms with van der Waals surface area (Å²) in [4.78, 5) is 29.2. The lowest BCUT2D eigenvalue weighted by Crippen LogP contribution is -2.27. The molecule has 0 saturated carbocycles. The lowest BCUT2D eigenvalue weighted by Gasteiger charge is -2.17. The molecule has 2 heterocycles. The Morgan fingerprint density at radius 2 is 1.60 bits per heavy atom. The van der Waals surface area contributed by atoms with Crippen molar-refractivity contribution in [3.8, 4) is 11.4 Å². The van der Waals surface area contributed by atoms with Gasteiger partial charge in [0, 0.05) is 34.6 Å². The number of rotatable bonds is 8. The van der Waals surface area contributed by atoms with E-state index in [4.69, 9.17) is 0 Å². The zero-order valence-corrected chi connectivity index (χ0v) is 20.7. The van der Waals surface area contributed by atoms with E-state index in [-0.39, 0.29) is 17.4 Å². The number of nitrogens with zero attached hydrogens (tertiary/aromatic N) is 4. The van der Waals surface area contributed by atoms with Gasteiger partial charge in [0.25, 0.3) is 0 Å². The Morgan fingerprint density at radius 3 is 2.26 bits per heavy atom. The Balaban J connectivity index is 1.49. The van der Waals surface area contributed by atoms with Crippen LogP contribution in [0.1, 0.15) is 36.7 Å². The molecule has 35 heavy (non-hydrogen) atoms. The molecular weight excluding hydrogens is 458 g/mol. The molecular formula is C27H27N5O2S. The largest absolute Gasteiger partial charge is 0.326 e. The summed E-state index contributed by atoms with van der Waals surface area (Å²) in [6.45, 7) is 6.15. The first kappa shape index (κ1) is 24.3. The minimum absolute atomic E-state index is 0.0246. The molecule has 0 aliphatic carbocycles. The molecule has 0 aliphatic rings. The van der Waals surface area contributed by atoms with E-state index in [0.29, 0.717) is 23.0 Å². The Hall–Kier alpha value is -3.78. The molecule has 0 saturated heterocycles. The van der Waals surface area contributed by atoms with Crippen molar-refractivity contribution in [3.05, 3.63) is 90.3 Å². The number of nitrogens with one attached hydrogen (secondary N) is 1. The first-order chi connectivity index (χ1) is 16.8. The summed E-state index contributed by atoms with van der Waals surface area (Å²) < 4.78 is 2.02. The van der Waals surface area contributed by atoms with E-state index in [1.54, 1.807) is 36.7 Å².